The zero-order valence-electron chi connectivity index (χ0n) is 15.4. The number of ether oxygens (including phenoxy) is 2. The summed E-state index contributed by atoms with van der Waals surface area (Å²) in [4.78, 5) is 12.5. The topological polar surface area (TPSA) is 39.9 Å². The molecule has 1 unspecified atom stereocenters. The van der Waals surface area contributed by atoms with Crippen LogP contribution in [0.4, 0.5) is 0 Å². The summed E-state index contributed by atoms with van der Waals surface area (Å²) in [5.74, 6) is 0.458. The predicted molar refractivity (Wildman–Crippen MR) is 106 cm³/mol. The molecule has 0 spiro atoms. The van der Waals surface area contributed by atoms with E-state index in [1.165, 1.54) is 0 Å². The first-order valence-corrected chi connectivity index (χ1v) is 9.10. The fourth-order valence-corrected chi connectivity index (χ4v) is 3.40. The lowest BCUT2D eigenvalue weighted by Gasteiger charge is -2.15. The zero-order chi connectivity index (χ0) is 18.8. The molecule has 1 atom stereocenters. The molecule has 0 aliphatic heterocycles. The van der Waals surface area contributed by atoms with Crippen molar-refractivity contribution in [1.29, 1.82) is 0 Å². The van der Waals surface area contributed by atoms with Crippen LogP contribution in [0.2, 0.25) is 0 Å². The van der Waals surface area contributed by atoms with E-state index in [4.69, 9.17) is 9.47 Å². The number of fused-ring (bicyclic) bond motifs is 3. The second-order valence-electron chi connectivity index (χ2n) is 6.40. The van der Waals surface area contributed by atoms with Crippen LogP contribution >= 0.6 is 0 Å². The maximum atomic E-state index is 12.5. The number of carbonyl (C=O) groups excluding carboxylic acids is 1. The average molecular weight is 359 g/mol. The van der Waals surface area contributed by atoms with E-state index in [2.05, 4.69) is 12.1 Å². The Morgan fingerprint density at radius 3 is 2.56 bits per heavy atom. The first kappa shape index (κ1) is 17.2. The lowest BCUT2D eigenvalue weighted by molar-refractivity contribution is 0.0531. The van der Waals surface area contributed by atoms with Crippen LogP contribution in [-0.4, -0.2) is 17.0 Å². The summed E-state index contributed by atoms with van der Waals surface area (Å²) < 4.78 is 13.4. The van der Waals surface area contributed by atoms with Crippen LogP contribution in [0.25, 0.3) is 16.4 Å². The van der Waals surface area contributed by atoms with E-state index in [9.17, 15) is 4.79 Å². The Morgan fingerprint density at radius 1 is 1.00 bits per heavy atom. The van der Waals surface area contributed by atoms with Gasteiger partial charge in [-0.2, -0.15) is 0 Å². The highest BCUT2D eigenvalue weighted by Gasteiger charge is 2.19. The number of rotatable bonds is 5. The van der Waals surface area contributed by atoms with Crippen molar-refractivity contribution in [3.63, 3.8) is 0 Å². The van der Waals surface area contributed by atoms with Gasteiger partial charge in [-0.05, 0) is 43.7 Å². The van der Waals surface area contributed by atoms with Crippen molar-refractivity contribution >= 4 is 22.4 Å². The lowest BCUT2D eigenvalue weighted by atomic mass is 10.1. The van der Waals surface area contributed by atoms with Gasteiger partial charge in [0.1, 0.15) is 11.9 Å². The molecule has 0 aliphatic carbocycles. The van der Waals surface area contributed by atoms with Crippen molar-refractivity contribution in [3.05, 3.63) is 84.1 Å². The minimum absolute atomic E-state index is 0.0700. The molecule has 4 rings (SSSR count). The van der Waals surface area contributed by atoms with Crippen LogP contribution in [-0.2, 0) is 4.74 Å². The molecule has 0 aliphatic rings. The van der Waals surface area contributed by atoms with Crippen molar-refractivity contribution in [1.82, 2.24) is 4.40 Å². The van der Waals surface area contributed by atoms with E-state index in [1.807, 2.05) is 79.0 Å². The van der Waals surface area contributed by atoms with E-state index in [-0.39, 0.29) is 12.1 Å². The summed E-state index contributed by atoms with van der Waals surface area (Å²) in [5.41, 5.74) is 3.46. The molecule has 4 heteroatoms. The predicted octanol–water partition coefficient (Wildman–Crippen LogP) is 5.41. The highest BCUT2D eigenvalue weighted by atomic mass is 16.5. The Morgan fingerprint density at radius 2 is 1.78 bits per heavy atom. The van der Waals surface area contributed by atoms with Gasteiger partial charge in [0, 0.05) is 17.6 Å². The molecule has 2 aromatic heterocycles. The molecule has 0 saturated heterocycles. The van der Waals surface area contributed by atoms with Gasteiger partial charge in [0.25, 0.3) is 0 Å². The van der Waals surface area contributed by atoms with Gasteiger partial charge in [-0.15, -0.1) is 0 Å². The molecular formula is C23H21NO3. The number of hydrogen-bond donors (Lipinski definition) is 0. The second-order valence-corrected chi connectivity index (χ2v) is 6.40. The van der Waals surface area contributed by atoms with Crippen molar-refractivity contribution in [2.45, 2.75) is 20.0 Å². The standard InChI is InChI=1S/C23H21NO3/c1-3-26-23(25)22-19-13-12-18(27-16(2)17-9-5-4-6-10-17)15-21(19)24-14-8-7-11-20(22)24/h4-16H,3H2,1-2H3. The maximum Gasteiger partial charge on any atom is 0.340 e. The number of hydrogen-bond acceptors (Lipinski definition) is 3. The molecule has 0 bridgehead atoms. The van der Waals surface area contributed by atoms with Crippen LogP contribution in [0.15, 0.2) is 72.9 Å². The Balaban J connectivity index is 1.78. The third-order valence-corrected chi connectivity index (χ3v) is 4.68. The van der Waals surface area contributed by atoms with E-state index >= 15 is 0 Å². The number of carbonyl (C=O) groups is 1. The fourth-order valence-electron chi connectivity index (χ4n) is 3.40. The molecule has 0 amide bonds. The van der Waals surface area contributed by atoms with Gasteiger partial charge in [-0.3, -0.25) is 0 Å². The molecule has 27 heavy (non-hydrogen) atoms. The monoisotopic (exact) mass is 359 g/mol. The molecule has 0 N–H and O–H groups in total. The largest absolute Gasteiger partial charge is 0.486 e. The highest BCUT2D eigenvalue weighted by Crippen LogP contribution is 2.32. The van der Waals surface area contributed by atoms with E-state index in [1.54, 1.807) is 0 Å². The van der Waals surface area contributed by atoms with Gasteiger partial charge in [0.05, 0.1) is 23.2 Å². The number of esters is 1. The minimum atomic E-state index is -0.303. The molecule has 4 aromatic rings. The zero-order valence-corrected chi connectivity index (χ0v) is 15.4. The van der Waals surface area contributed by atoms with Crippen molar-refractivity contribution in [2.75, 3.05) is 6.61 Å². The second kappa shape index (κ2) is 7.16. The normalized spacial score (nSPS) is 12.2. The van der Waals surface area contributed by atoms with Crippen LogP contribution in [0.1, 0.15) is 35.9 Å². The summed E-state index contributed by atoms with van der Waals surface area (Å²) in [7, 11) is 0. The third-order valence-electron chi connectivity index (χ3n) is 4.68. The van der Waals surface area contributed by atoms with Gasteiger partial charge in [-0.1, -0.05) is 36.4 Å². The Hall–Kier alpha value is -3.27. The molecule has 4 nitrogen and oxygen atoms in total. The molecule has 0 saturated carbocycles. The fraction of sp³-hybridized carbons (Fsp3) is 0.174. The molecule has 2 heterocycles. The number of nitrogens with zero attached hydrogens (tertiary/aromatic N) is 1. The molecule has 2 aromatic carbocycles. The van der Waals surface area contributed by atoms with Gasteiger partial charge < -0.3 is 13.9 Å². The van der Waals surface area contributed by atoms with Crippen molar-refractivity contribution in [2.24, 2.45) is 0 Å². The average Bonchev–Trinajstić information content (AvgIpc) is 3.03. The molecular weight excluding hydrogens is 338 g/mol. The van der Waals surface area contributed by atoms with Crippen LogP contribution in [0.3, 0.4) is 0 Å². The summed E-state index contributed by atoms with van der Waals surface area (Å²) in [6, 6.07) is 21.7. The first-order chi connectivity index (χ1) is 13.2. The third kappa shape index (κ3) is 3.14. The Kier molecular flexibility index (Phi) is 4.55. The SMILES string of the molecule is CCOC(=O)c1c2ccc(OC(C)c3ccccc3)cc2n2ccccc12. The smallest absolute Gasteiger partial charge is 0.340 e. The Labute approximate surface area is 158 Å². The molecule has 136 valence electrons. The van der Waals surface area contributed by atoms with E-state index in [0.717, 1.165) is 27.7 Å². The Bertz CT molecular complexity index is 1100. The van der Waals surface area contributed by atoms with Crippen LogP contribution in [0.5, 0.6) is 5.75 Å². The quantitative estimate of drug-likeness (QED) is 0.447. The van der Waals surface area contributed by atoms with Gasteiger partial charge in [0.15, 0.2) is 0 Å². The van der Waals surface area contributed by atoms with Gasteiger partial charge >= 0.3 is 5.97 Å². The summed E-state index contributed by atoms with van der Waals surface area (Å²) >= 11 is 0. The summed E-state index contributed by atoms with van der Waals surface area (Å²) in [6.07, 6.45) is 1.88. The molecule has 0 radical (unpaired) electrons. The van der Waals surface area contributed by atoms with Gasteiger partial charge in [0.2, 0.25) is 0 Å². The van der Waals surface area contributed by atoms with Gasteiger partial charge in [-0.25, -0.2) is 4.79 Å². The first-order valence-electron chi connectivity index (χ1n) is 9.10. The number of pyridine rings is 1. The van der Waals surface area contributed by atoms with Crippen molar-refractivity contribution < 1.29 is 14.3 Å². The van der Waals surface area contributed by atoms with E-state index in [0.29, 0.717) is 12.2 Å². The minimum Gasteiger partial charge on any atom is -0.486 e. The van der Waals surface area contributed by atoms with Crippen LogP contribution in [0, 0.1) is 0 Å². The van der Waals surface area contributed by atoms with E-state index < -0.39 is 0 Å². The maximum absolute atomic E-state index is 12.5. The number of benzene rings is 2. The summed E-state index contributed by atoms with van der Waals surface area (Å²) in [6.45, 7) is 4.19. The van der Waals surface area contributed by atoms with Crippen molar-refractivity contribution in [3.8, 4) is 5.75 Å². The van der Waals surface area contributed by atoms with Crippen LogP contribution < -0.4 is 4.74 Å². The summed E-state index contributed by atoms with van der Waals surface area (Å²) in [5, 5.41) is 0.861. The number of aromatic nitrogens is 1. The molecule has 0 fully saturated rings. The highest BCUT2D eigenvalue weighted by molar-refractivity contribution is 6.11. The lowest BCUT2D eigenvalue weighted by Crippen LogP contribution is -2.04.